The largest absolute Gasteiger partial charge is 0.489 e. The maximum absolute atomic E-state index is 12.1. The summed E-state index contributed by atoms with van der Waals surface area (Å²) in [6, 6.07) is 7.05. The third-order valence-corrected chi connectivity index (χ3v) is 2.93. The number of methoxy groups -OCH3 is 1. The summed E-state index contributed by atoms with van der Waals surface area (Å²) < 4.78 is 15.7. The van der Waals surface area contributed by atoms with Crippen LogP contribution in [-0.4, -0.2) is 31.3 Å². The Balaban J connectivity index is 3.05. The molecule has 0 aliphatic heterocycles. The summed E-state index contributed by atoms with van der Waals surface area (Å²) in [7, 11) is 1.29. The Kier molecular flexibility index (Phi) is 6.82. The Morgan fingerprint density at radius 1 is 1.26 bits per heavy atom. The molecule has 0 fully saturated rings. The fraction of sp³-hybridized carbons (Fsp3) is 0.444. The van der Waals surface area contributed by atoms with Crippen molar-refractivity contribution in [1.29, 1.82) is 0 Å². The van der Waals surface area contributed by atoms with E-state index in [0.717, 1.165) is 0 Å². The van der Waals surface area contributed by atoms with E-state index in [1.54, 1.807) is 51.1 Å². The van der Waals surface area contributed by atoms with Crippen molar-refractivity contribution in [2.45, 2.75) is 38.7 Å². The molecule has 23 heavy (non-hydrogen) atoms. The smallest absolute Gasteiger partial charge is 0.313 e. The second-order valence-corrected chi connectivity index (χ2v) is 6.00. The summed E-state index contributed by atoms with van der Waals surface area (Å²) in [5.41, 5.74) is -0.0246. The van der Waals surface area contributed by atoms with Gasteiger partial charge in [-0.3, -0.25) is 9.59 Å². The Morgan fingerprint density at radius 3 is 2.48 bits per heavy atom. The molecule has 0 aliphatic rings. The van der Waals surface area contributed by atoms with Crippen LogP contribution in [0, 0.1) is 0 Å². The molecule has 1 aromatic rings. The van der Waals surface area contributed by atoms with Crippen molar-refractivity contribution < 1.29 is 23.8 Å². The fourth-order valence-corrected chi connectivity index (χ4v) is 2.06. The van der Waals surface area contributed by atoms with E-state index in [4.69, 9.17) is 14.2 Å². The number of hydrogen-bond acceptors (Lipinski definition) is 5. The molecule has 0 amide bonds. The number of rotatable bonds is 7. The summed E-state index contributed by atoms with van der Waals surface area (Å²) in [6.07, 6.45) is 1.50. The van der Waals surface area contributed by atoms with Gasteiger partial charge in [-0.05, 0) is 26.8 Å². The van der Waals surface area contributed by atoms with Crippen LogP contribution in [0.25, 0.3) is 0 Å². The molecule has 0 aromatic heterocycles. The number of esters is 2. The Morgan fingerprint density at radius 2 is 1.91 bits per heavy atom. The molecule has 5 heteroatoms. The topological polar surface area (TPSA) is 61.8 Å². The van der Waals surface area contributed by atoms with E-state index in [9.17, 15) is 9.59 Å². The highest BCUT2D eigenvalue weighted by Crippen LogP contribution is 2.31. The van der Waals surface area contributed by atoms with E-state index in [2.05, 4.69) is 6.58 Å². The standard InChI is InChI=1S/C18H24O5/c1-6-11-22-15-10-8-7-9-13(15)14(17(20)21-5)12-16(19)23-18(2,3)4/h6-10,14H,1,11-12H2,2-5H3/t14-/m0/s1. The van der Waals surface area contributed by atoms with Gasteiger partial charge in [0.2, 0.25) is 0 Å². The second-order valence-electron chi connectivity index (χ2n) is 6.00. The lowest BCUT2D eigenvalue weighted by atomic mass is 9.94. The minimum Gasteiger partial charge on any atom is -0.489 e. The first kappa shape index (κ1) is 18.7. The van der Waals surface area contributed by atoms with Gasteiger partial charge in [-0.25, -0.2) is 0 Å². The highest BCUT2D eigenvalue weighted by molar-refractivity contribution is 5.85. The van der Waals surface area contributed by atoms with Crippen LogP contribution in [0.3, 0.4) is 0 Å². The van der Waals surface area contributed by atoms with Gasteiger partial charge < -0.3 is 14.2 Å². The van der Waals surface area contributed by atoms with Crippen molar-refractivity contribution in [1.82, 2.24) is 0 Å². The lowest BCUT2D eigenvalue weighted by Gasteiger charge is -2.22. The minimum absolute atomic E-state index is 0.113. The minimum atomic E-state index is -0.782. The van der Waals surface area contributed by atoms with E-state index in [-0.39, 0.29) is 6.42 Å². The predicted molar refractivity (Wildman–Crippen MR) is 87.4 cm³/mol. The number of ether oxygens (including phenoxy) is 3. The average molecular weight is 320 g/mol. The number of hydrogen-bond donors (Lipinski definition) is 0. The molecule has 0 radical (unpaired) electrons. The molecule has 1 rings (SSSR count). The molecule has 1 aromatic carbocycles. The maximum Gasteiger partial charge on any atom is 0.313 e. The van der Waals surface area contributed by atoms with E-state index < -0.39 is 23.5 Å². The highest BCUT2D eigenvalue weighted by Gasteiger charge is 2.29. The average Bonchev–Trinajstić information content (AvgIpc) is 2.48. The zero-order chi connectivity index (χ0) is 17.5. The molecule has 0 N–H and O–H groups in total. The van der Waals surface area contributed by atoms with Crippen LogP contribution in [0.4, 0.5) is 0 Å². The fourth-order valence-electron chi connectivity index (χ4n) is 2.06. The van der Waals surface area contributed by atoms with E-state index >= 15 is 0 Å². The summed E-state index contributed by atoms with van der Waals surface area (Å²) in [4.78, 5) is 24.2. The lowest BCUT2D eigenvalue weighted by Crippen LogP contribution is -2.27. The second kappa shape index (κ2) is 8.36. The quantitative estimate of drug-likeness (QED) is 0.570. The summed E-state index contributed by atoms with van der Waals surface area (Å²) >= 11 is 0. The first-order valence-corrected chi connectivity index (χ1v) is 7.40. The van der Waals surface area contributed by atoms with Crippen LogP contribution in [-0.2, 0) is 19.1 Å². The molecule has 1 atom stereocenters. The summed E-state index contributed by atoms with van der Waals surface area (Å²) in [5, 5.41) is 0. The van der Waals surface area contributed by atoms with E-state index in [1.807, 2.05) is 0 Å². The van der Waals surface area contributed by atoms with Gasteiger partial charge in [0.05, 0.1) is 19.4 Å². The van der Waals surface area contributed by atoms with Crippen molar-refractivity contribution in [2.75, 3.05) is 13.7 Å². The van der Waals surface area contributed by atoms with Crippen LogP contribution >= 0.6 is 0 Å². The first-order valence-electron chi connectivity index (χ1n) is 7.40. The van der Waals surface area contributed by atoms with Crippen LogP contribution in [0.1, 0.15) is 38.7 Å². The number of carbonyl (C=O) groups excluding carboxylic acids is 2. The molecule has 0 aliphatic carbocycles. The number of benzene rings is 1. The zero-order valence-electron chi connectivity index (χ0n) is 14.1. The molecule has 0 bridgehead atoms. The third-order valence-electron chi connectivity index (χ3n) is 2.93. The normalized spacial score (nSPS) is 12.2. The van der Waals surface area contributed by atoms with Gasteiger partial charge in [-0.2, -0.15) is 0 Å². The predicted octanol–water partition coefficient (Wildman–Crippen LogP) is 3.24. The number of para-hydroxylation sites is 1. The Labute approximate surface area is 137 Å². The Hall–Kier alpha value is -2.30. The van der Waals surface area contributed by atoms with E-state index in [0.29, 0.717) is 17.9 Å². The molecular formula is C18H24O5. The van der Waals surface area contributed by atoms with Gasteiger partial charge in [-0.1, -0.05) is 30.9 Å². The SMILES string of the molecule is C=CCOc1ccccc1[C@H](CC(=O)OC(C)(C)C)C(=O)OC. The third kappa shape index (κ3) is 6.14. The molecule has 126 valence electrons. The van der Waals surface area contributed by atoms with Crippen molar-refractivity contribution in [3.63, 3.8) is 0 Å². The van der Waals surface area contributed by atoms with Crippen molar-refractivity contribution in [2.24, 2.45) is 0 Å². The summed E-state index contributed by atoms with van der Waals surface area (Å²) in [5.74, 6) is -1.24. The van der Waals surface area contributed by atoms with Gasteiger partial charge >= 0.3 is 11.9 Å². The number of carbonyl (C=O) groups is 2. The van der Waals surface area contributed by atoms with Gasteiger partial charge in [0.15, 0.2) is 0 Å². The molecule has 5 nitrogen and oxygen atoms in total. The van der Waals surface area contributed by atoms with Crippen LogP contribution in [0.5, 0.6) is 5.75 Å². The first-order chi connectivity index (χ1) is 10.8. The van der Waals surface area contributed by atoms with Gasteiger partial charge in [-0.15, -0.1) is 0 Å². The van der Waals surface area contributed by atoms with Crippen molar-refractivity contribution >= 4 is 11.9 Å². The highest BCUT2D eigenvalue weighted by atomic mass is 16.6. The molecule has 0 spiro atoms. The monoisotopic (exact) mass is 320 g/mol. The Bertz CT molecular complexity index is 557. The van der Waals surface area contributed by atoms with Gasteiger partial charge in [0.1, 0.15) is 18.0 Å². The van der Waals surface area contributed by atoms with Gasteiger partial charge in [0, 0.05) is 5.56 Å². The molecule has 0 saturated carbocycles. The van der Waals surface area contributed by atoms with Gasteiger partial charge in [0.25, 0.3) is 0 Å². The summed E-state index contributed by atoms with van der Waals surface area (Å²) in [6.45, 7) is 9.23. The van der Waals surface area contributed by atoms with Crippen LogP contribution < -0.4 is 4.74 Å². The molecule has 0 saturated heterocycles. The molecule has 0 unspecified atom stereocenters. The van der Waals surface area contributed by atoms with Crippen LogP contribution in [0.15, 0.2) is 36.9 Å². The zero-order valence-corrected chi connectivity index (χ0v) is 14.1. The maximum atomic E-state index is 12.1. The van der Waals surface area contributed by atoms with E-state index in [1.165, 1.54) is 7.11 Å². The molecule has 0 heterocycles. The lowest BCUT2D eigenvalue weighted by molar-refractivity contribution is -0.158. The van der Waals surface area contributed by atoms with Crippen LogP contribution in [0.2, 0.25) is 0 Å². The molecular weight excluding hydrogens is 296 g/mol. The van der Waals surface area contributed by atoms with Crippen molar-refractivity contribution in [3.8, 4) is 5.75 Å². The van der Waals surface area contributed by atoms with Crippen molar-refractivity contribution in [3.05, 3.63) is 42.5 Å².